The maximum absolute atomic E-state index is 10.6. The van der Waals surface area contributed by atoms with Crippen molar-refractivity contribution in [1.29, 1.82) is 0 Å². The Kier molecular flexibility index (Phi) is 5.68. The minimum absolute atomic E-state index is 0.489. The average Bonchev–Trinajstić information content (AvgIpc) is 3.18. The Hall–Kier alpha value is -2.37. The van der Waals surface area contributed by atoms with Crippen molar-refractivity contribution < 1.29 is 9.52 Å². The Labute approximate surface area is 148 Å². The highest BCUT2D eigenvalue weighted by Crippen LogP contribution is 2.12. The van der Waals surface area contributed by atoms with E-state index in [1.807, 2.05) is 54.9 Å². The Morgan fingerprint density at radius 2 is 1.92 bits per heavy atom. The molecule has 132 valence electrons. The van der Waals surface area contributed by atoms with Crippen LogP contribution >= 0.6 is 0 Å². The molecule has 0 saturated heterocycles. The fourth-order valence-electron chi connectivity index (χ4n) is 3.06. The second-order valence-electron chi connectivity index (χ2n) is 6.50. The third-order valence-electron chi connectivity index (χ3n) is 4.16. The van der Waals surface area contributed by atoms with Crippen LogP contribution in [0.1, 0.15) is 22.7 Å². The molecule has 0 unspecified atom stereocenters. The summed E-state index contributed by atoms with van der Waals surface area (Å²) in [7, 11) is 0. The summed E-state index contributed by atoms with van der Waals surface area (Å²) < 4.78 is 7.35. The molecule has 0 aliphatic carbocycles. The maximum Gasteiger partial charge on any atom is 0.117 e. The van der Waals surface area contributed by atoms with Crippen LogP contribution in [0.15, 0.2) is 59.2 Å². The Morgan fingerprint density at radius 3 is 2.56 bits per heavy atom. The zero-order valence-electron chi connectivity index (χ0n) is 14.8. The van der Waals surface area contributed by atoms with Gasteiger partial charge in [-0.2, -0.15) is 5.10 Å². The fraction of sp³-hybridized carbons (Fsp3) is 0.350. The van der Waals surface area contributed by atoms with Gasteiger partial charge in [0.2, 0.25) is 0 Å². The zero-order valence-corrected chi connectivity index (χ0v) is 14.8. The number of furan rings is 1. The van der Waals surface area contributed by atoms with Gasteiger partial charge < -0.3 is 9.52 Å². The molecule has 1 aromatic carbocycles. The van der Waals surface area contributed by atoms with Gasteiger partial charge in [-0.15, -0.1) is 0 Å². The van der Waals surface area contributed by atoms with E-state index in [-0.39, 0.29) is 0 Å². The van der Waals surface area contributed by atoms with Crippen LogP contribution in [0, 0.1) is 13.8 Å². The molecule has 5 heteroatoms. The molecule has 0 saturated carbocycles. The molecule has 25 heavy (non-hydrogen) atoms. The normalized spacial score (nSPS) is 12.6. The quantitative estimate of drug-likeness (QED) is 0.685. The van der Waals surface area contributed by atoms with E-state index in [1.165, 1.54) is 5.56 Å². The highest BCUT2D eigenvalue weighted by Gasteiger charge is 2.16. The van der Waals surface area contributed by atoms with Crippen molar-refractivity contribution in [2.45, 2.75) is 39.6 Å². The Balaban J connectivity index is 1.66. The lowest BCUT2D eigenvalue weighted by molar-refractivity contribution is 0.0839. The predicted molar refractivity (Wildman–Crippen MR) is 97.0 cm³/mol. The van der Waals surface area contributed by atoms with Crippen molar-refractivity contribution in [3.05, 3.63) is 77.5 Å². The minimum Gasteiger partial charge on any atom is -0.468 e. The molecular weight excluding hydrogens is 314 g/mol. The van der Waals surface area contributed by atoms with Crippen LogP contribution in [-0.2, 0) is 19.6 Å². The molecular formula is C20H25N3O2. The number of aromatic nitrogens is 2. The summed E-state index contributed by atoms with van der Waals surface area (Å²) in [6.07, 6.45) is 1.18. The van der Waals surface area contributed by atoms with Crippen LogP contribution < -0.4 is 0 Å². The fourth-order valence-corrected chi connectivity index (χ4v) is 3.06. The summed E-state index contributed by atoms with van der Waals surface area (Å²) in [4.78, 5) is 2.20. The molecule has 0 aliphatic rings. The van der Waals surface area contributed by atoms with Gasteiger partial charge in [0.15, 0.2) is 0 Å². The first-order valence-electron chi connectivity index (χ1n) is 8.58. The maximum atomic E-state index is 10.6. The number of aryl methyl sites for hydroxylation is 2. The van der Waals surface area contributed by atoms with Gasteiger partial charge in [0.25, 0.3) is 0 Å². The topological polar surface area (TPSA) is 54.4 Å². The Bertz CT molecular complexity index is 766. The standard InChI is InChI=1S/C20H25N3O2/c1-16-11-17(2)23(21-16)14-19(24)13-22(15-20-9-6-10-25-20)12-18-7-4-3-5-8-18/h3-11,19,24H,12-15H2,1-2H3/t19-/m1/s1. The van der Waals surface area contributed by atoms with Gasteiger partial charge in [-0.25, -0.2) is 0 Å². The van der Waals surface area contributed by atoms with Gasteiger partial charge >= 0.3 is 0 Å². The van der Waals surface area contributed by atoms with Crippen molar-refractivity contribution in [2.24, 2.45) is 0 Å². The SMILES string of the molecule is Cc1cc(C)n(C[C@H](O)CN(Cc2ccccc2)Cc2ccco2)n1. The van der Waals surface area contributed by atoms with Gasteiger partial charge in [0.05, 0.1) is 31.2 Å². The lowest BCUT2D eigenvalue weighted by atomic mass is 10.2. The number of hydrogen-bond donors (Lipinski definition) is 1. The van der Waals surface area contributed by atoms with Crippen molar-refractivity contribution >= 4 is 0 Å². The van der Waals surface area contributed by atoms with E-state index in [2.05, 4.69) is 22.1 Å². The second-order valence-corrected chi connectivity index (χ2v) is 6.50. The van der Waals surface area contributed by atoms with Crippen molar-refractivity contribution in [3.8, 4) is 0 Å². The van der Waals surface area contributed by atoms with Crippen LogP contribution in [0.3, 0.4) is 0 Å². The molecule has 0 amide bonds. The summed E-state index contributed by atoms with van der Waals surface area (Å²) >= 11 is 0. The molecule has 0 aliphatic heterocycles. The van der Waals surface area contributed by atoms with Gasteiger partial charge in [-0.3, -0.25) is 9.58 Å². The van der Waals surface area contributed by atoms with Crippen LogP contribution in [0.25, 0.3) is 0 Å². The third-order valence-corrected chi connectivity index (χ3v) is 4.16. The second kappa shape index (κ2) is 8.14. The number of rotatable bonds is 8. The smallest absolute Gasteiger partial charge is 0.117 e. The number of aliphatic hydroxyl groups excluding tert-OH is 1. The number of nitrogens with zero attached hydrogens (tertiary/aromatic N) is 3. The van der Waals surface area contributed by atoms with Crippen LogP contribution in [0.4, 0.5) is 0 Å². The molecule has 3 rings (SSSR count). The largest absolute Gasteiger partial charge is 0.468 e. The average molecular weight is 339 g/mol. The number of aliphatic hydroxyl groups is 1. The molecule has 0 fully saturated rings. The molecule has 0 spiro atoms. The van der Waals surface area contributed by atoms with Crippen molar-refractivity contribution in [2.75, 3.05) is 6.54 Å². The molecule has 2 heterocycles. The lowest BCUT2D eigenvalue weighted by Crippen LogP contribution is -2.34. The van der Waals surface area contributed by atoms with Crippen LogP contribution in [0.5, 0.6) is 0 Å². The summed E-state index contributed by atoms with van der Waals surface area (Å²) in [6.45, 7) is 6.44. The van der Waals surface area contributed by atoms with Gasteiger partial charge in [0, 0.05) is 18.8 Å². The molecule has 1 N–H and O–H groups in total. The first kappa shape index (κ1) is 17.5. The monoisotopic (exact) mass is 339 g/mol. The van der Waals surface area contributed by atoms with Gasteiger partial charge in [-0.1, -0.05) is 30.3 Å². The van der Waals surface area contributed by atoms with Crippen molar-refractivity contribution in [1.82, 2.24) is 14.7 Å². The zero-order chi connectivity index (χ0) is 17.6. The van der Waals surface area contributed by atoms with E-state index < -0.39 is 6.10 Å². The summed E-state index contributed by atoms with van der Waals surface area (Å²) in [6, 6.07) is 16.2. The highest BCUT2D eigenvalue weighted by atomic mass is 16.3. The van der Waals surface area contributed by atoms with E-state index >= 15 is 0 Å². The number of benzene rings is 1. The van der Waals surface area contributed by atoms with E-state index in [1.54, 1.807) is 6.26 Å². The first-order valence-corrected chi connectivity index (χ1v) is 8.58. The molecule has 5 nitrogen and oxygen atoms in total. The van der Waals surface area contributed by atoms with E-state index in [0.717, 1.165) is 23.7 Å². The van der Waals surface area contributed by atoms with Crippen molar-refractivity contribution in [3.63, 3.8) is 0 Å². The minimum atomic E-state index is -0.503. The van der Waals surface area contributed by atoms with Gasteiger partial charge in [-0.05, 0) is 37.6 Å². The van der Waals surface area contributed by atoms with E-state index in [9.17, 15) is 5.11 Å². The third kappa shape index (κ3) is 5.05. The first-order chi connectivity index (χ1) is 12.1. The highest BCUT2D eigenvalue weighted by molar-refractivity contribution is 5.14. The summed E-state index contributed by atoms with van der Waals surface area (Å²) in [5.41, 5.74) is 3.26. The predicted octanol–water partition coefficient (Wildman–Crippen LogP) is 3.16. The molecule has 0 radical (unpaired) electrons. The summed E-state index contributed by atoms with van der Waals surface area (Å²) in [5.74, 6) is 0.897. The van der Waals surface area contributed by atoms with Gasteiger partial charge in [0.1, 0.15) is 5.76 Å². The molecule has 3 aromatic rings. The van der Waals surface area contributed by atoms with Crippen LogP contribution in [-0.4, -0.2) is 32.4 Å². The number of hydrogen-bond acceptors (Lipinski definition) is 4. The molecule has 1 atom stereocenters. The van der Waals surface area contributed by atoms with Crippen LogP contribution in [0.2, 0.25) is 0 Å². The summed E-state index contributed by atoms with van der Waals surface area (Å²) in [5, 5.41) is 15.0. The molecule has 0 bridgehead atoms. The lowest BCUT2D eigenvalue weighted by Gasteiger charge is -2.24. The molecule has 2 aromatic heterocycles. The Morgan fingerprint density at radius 1 is 1.12 bits per heavy atom. The van der Waals surface area contributed by atoms with E-state index in [0.29, 0.717) is 19.6 Å². The van der Waals surface area contributed by atoms with E-state index in [4.69, 9.17) is 4.42 Å².